The average molecular weight is 345 g/mol. The number of hydrogen-bond acceptors (Lipinski definition) is 6. The number of nitrogens with zero attached hydrogens (tertiary/aromatic N) is 1. The molecule has 0 bridgehead atoms. The zero-order valence-corrected chi connectivity index (χ0v) is 16.6. The van der Waals surface area contributed by atoms with Gasteiger partial charge in [-0.3, -0.25) is 19.7 Å². The van der Waals surface area contributed by atoms with E-state index >= 15 is 0 Å². The predicted octanol–water partition coefficient (Wildman–Crippen LogP) is -1.23. The fourth-order valence-corrected chi connectivity index (χ4v) is 2.26. The SMILES string of the molecule is Cc1ccc(C(C[N+](=O)[O-])[C-]2C(=O)OC(C)(C)OC2=O)cc1.[K+]. The van der Waals surface area contributed by atoms with E-state index in [1.165, 1.54) is 13.8 Å². The number of carbonyl (C=O) groups excluding carboxylic acids is 2. The molecule has 0 aliphatic carbocycles. The molecule has 1 aliphatic heterocycles. The van der Waals surface area contributed by atoms with Crippen molar-refractivity contribution in [3.63, 3.8) is 0 Å². The molecule has 1 aliphatic rings. The first kappa shape index (κ1) is 20.1. The fraction of sp³-hybridized carbons (Fsp3) is 0.400. The minimum absolute atomic E-state index is 0. The van der Waals surface area contributed by atoms with Gasteiger partial charge in [0.15, 0.2) is 18.5 Å². The van der Waals surface area contributed by atoms with E-state index in [1.807, 2.05) is 6.92 Å². The maximum atomic E-state index is 12.1. The van der Waals surface area contributed by atoms with Gasteiger partial charge in [0, 0.05) is 18.8 Å². The van der Waals surface area contributed by atoms with E-state index in [2.05, 4.69) is 0 Å². The third-order valence-corrected chi connectivity index (χ3v) is 3.28. The van der Waals surface area contributed by atoms with Gasteiger partial charge in [-0.25, -0.2) is 0 Å². The minimum atomic E-state index is -1.37. The van der Waals surface area contributed by atoms with Crippen LogP contribution >= 0.6 is 0 Å². The van der Waals surface area contributed by atoms with Gasteiger partial charge >= 0.3 is 51.4 Å². The molecule has 23 heavy (non-hydrogen) atoms. The van der Waals surface area contributed by atoms with Gasteiger partial charge in [0.1, 0.15) is 0 Å². The number of carbonyl (C=O) groups is 2. The Balaban J connectivity index is 0.00000264. The van der Waals surface area contributed by atoms with Crippen molar-refractivity contribution < 1.29 is 75.4 Å². The molecule has 0 aromatic heterocycles. The number of benzene rings is 1. The van der Waals surface area contributed by atoms with E-state index < -0.39 is 35.1 Å². The van der Waals surface area contributed by atoms with Crippen LogP contribution in [-0.4, -0.2) is 29.2 Å². The summed E-state index contributed by atoms with van der Waals surface area (Å²) >= 11 is 0. The van der Waals surface area contributed by atoms with Crippen LogP contribution in [0.1, 0.15) is 30.9 Å². The zero-order chi connectivity index (χ0) is 16.5. The van der Waals surface area contributed by atoms with E-state index in [9.17, 15) is 19.7 Å². The average Bonchev–Trinajstić information content (AvgIpc) is 2.35. The summed E-state index contributed by atoms with van der Waals surface area (Å²) in [5.74, 6) is -4.49. The second-order valence-electron chi connectivity index (χ2n) is 5.57. The quantitative estimate of drug-likeness (QED) is 0.223. The van der Waals surface area contributed by atoms with Gasteiger partial charge in [-0.1, -0.05) is 35.4 Å². The summed E-state index contributed by atoms with van der Waals surface area (Å²) in [6.07, 6.45) is 0. The Kier molecular flexibility index (Phi) is 6.78. The van der Waals surface area contributed by atoms with E-state index in [0.717, 1.165) is 5.56 Å². The van der Waals surface area contributed by atoms with Crippen LogP contribution in [0.2, 0.25) is 0 Å². The molecular formula is C15H16KNO6. The summed E-state index contributed by atoms with van der Waals surface area (Å²) < 4.78 is 10.0. The Hall–Kier alpha value is -0.934. The number of esters is 2. The second-order valence-corrected chi connectivity index (χ2v) is 5.57. The van der Waals surface area contributed by atoms with Crippen LogP contribution in [0, 0.1) is 23.0 Å². The number of aryl methyl sites for hydroxylation is 1. The molecule has 1 aromatic carbocycles. The first-order valence-corrected chi connectivity index (χ1v) is 6.71. The summed E-state index contributed by atoms with van der Waals surface area (Å²) in [6, 6.07) is 6.81. The Bertz CT molecular complexity index is 593. The van der Waals surface area contributed by atoms with Crippen molar-refractivity contribution in [1.29, 1.82) is 0 Å². The summed E-state index contributed by atoms with van der Waals surface area (Å²) in [4.78, 5) is 34.6. The number of cyclic esters (lactones) is 2. The first-order valence-electron chi connectivity index (χ1n) is 6.71. The largest absolute Gasteiger partial charge is 1.00 e. The normalized spacial score (nSPS) is 17.6. The van der Waals surface area contributed by atoms with Crippen molar-refractivity contribution in [2.24, 2.45) is 0 Å². The van der Waals surface area contributed by atoms with Crippen LogP contribution in [0.25, 0.3) is 0 Å². The maximum absolute atomic E-state index is 12.1. The molecule has 0 spiro atoms. The van der Waals surface area contributed by atoms with E-state index in [1.54, 1.807) is 24.3 Å². The molecule has 1 saturated heterocycles. The van der Waals surface area contributed by atoms with Crippen molar-refractivity contribution in [1.82, 2.24) is 0 Å². The molecule has 0 saturated carbocycles. The van der Waals surface area contributed by atoms with Crippen molar-refractivity contribution >= 4 is 11.9 Å². The predicted molar refractivity (Wildman–Crippen MR) is 75.3 cm³/mol. The molecule has 2 rings (SSSR count). The van der Waals surface area contributed by atoms with Crippen LogP contribution < -0.4 is 51.4 Å². The molecule has 0 N–H and O–H groups in total. The number of ether oxygens (including phenoxy) is 2. The van der Waals surface area contributed by atoms with E-state index in [-0.39, 0.29) is 57.3 Å². The molecule has 0 amide bonds. The number of hydrogen-bond donors (Lipinski definition) is 0. The van der Waals surface area contributed by atoms with E-state index in [4.69, 9.17) is 9.47 Å². The van der Waals surface area contributed by atoms with Crippen molar-refractivity contribution in [3.05, 3.63) is 51.4 Å². The Morgan fingerprint density at radius 3 is 2.09 bits per heavy atom. The zero-order valence-electron chi connectivity index (χ0n) is 13.5. The van der Waals surface area contributed by atoms with Gasteiger partial charge in [0.05, 0.1) is 0 Å². The van der Waals surface area contributed by atoms with Crippen LogP contribution in [0.3, 0.4) is 0 Å². The molecule has 1 unspecified atom stereocenters. The molecule has 1 heterocycles. The summed E-state index contributed by atoms with van der Waals surface area (Å²) in [5, 5.41) is 10.9. The second kappa shape index (κ2) is 7.76. The van der Waals surface area contributed by atoms with Crippen LogP contribution in [0.15, 0.2) is 24.3 Å². The smallest absolute Gasteiger partial charge is 0.447 e. The topological polar surface area (TPSA) is 95.7 Å². The standard InChI is InChI=1S/C15H16NO6.K/c1-9-4-6-10(7-5-9)11(8-16(19)20)12-13(17)21-15(2,3)22-14(12)18;/h4-7,11H,8H2,1-3H3;/q-1;+1. The molecule has 8 heteroatoms. The van der Waals surface area contributed by atoms with Gasteiger partial charge in [-0.15, -0.1) is 0 Å². The van der Waals surface area contributed by atoms with Crippen molar-refractivity contribution in [2.75, 3.05) is 6.54 Å². The Labute approximate surface area is 176 Å². The maximum Gasteiger partial charge on any atom is 1.00 e. The van der Waals surface area contributed by atoms with Crippen LogP contribution in [0.4, 0.5) is 0 Å². The fourth-order valence-electron chi connectivity index (χ4n) is 2.26. The number of nitro groups is 1. The van der Waals surface area contributed by atoms with Gasteiger partial charge < -0.3 is 9.47 Å². The van der Waals surface area contributed by atoms with Gasteiger partial charge in [-0.05, 0) is 12.8 Å². The van der Waals surface area contributed by atoms with Crippen molar-refractivity contribution in [2.45, 2.75) is 32.5 Å². The summed E-state index contributed by atoms with van der Waals surface area (Å²) in [5.41, 5.74) is 1.45. The Morgan fingerprint density at radius 2 is 1.65 bits per heavy atom. The van der Waals surface area contributed by atoms with Crippen molar-refractivity contribution in [3.8, 4) is 0 Å². The monoisotopic (exact) mass is 345 g/mol. The van der Waals surface area contributed by atoms with E-state index in [0.29, 0.717) is 5.56 Å². The van der Waals surface area contributed by atoms with Gasteiger partial charge in [-0.2, -0.15) is 5.92 Å². The summed E-state index contributed by atoms with van der Waals surface area (Å²) in [7, 11) is 0. The number of rotatable bonds is 4. The molecular weight excluding hydrogens is 329 g/mol. The molecule has 0 radical (unpaired) electrons. The molecule has 7 nitrogen and oxygen atoms in total. The van der Waals surface area contributed by atoms with Gasteiger partial charge in [0.25, 0.3) is 0 Å². The molecule has 1 fully saturated rings. The first-order chi connectivity index (χ1) is 10.2. The van der Waals surface area contributed by atoms with Crippen LogP contribution in [-0.2, 0) is 19.1 Å². The van der Waals surface area contributed by atoms with Crippen LogP contribution in [0.5, 0.6) is 0 Å². The van der Waals surface area contributed by atoms with Gasteiger partial charge in [0.2, 0.25) is 5.79 Å². The third kappa shape index (κ3) is 5.02. The summed E-state index contributed by atoms with van der Waals surface area (Å²) in [6.45, 7) is 4.12. The molecule has 118 valence electrons. The Morgan fingerprint density at radius 1 is 1.17 bits per heavy atom. The minimum Gasteiger partial charge on any atom is -0.447 e. The molecule has 1 aromatic rings. The molecule has 1 atom stereocenters. The third-order valence-electron chi connectivity index (χ3n) is 3.28.